The predicted octanol–water partition coefficient (Wildman–Crippen LogP) is 1.21. The van der Waals surface area contributed by atoms with Gasteiger partial charge in [0.1, 0.15) is 0 Å². The van der Waals surface area contributed by atoms with Crippen molar-refractivity contribution in [2.24, 2.45) is 5.73 Å². The van der Waals surface area contributed by atoms with Gasteiger partial charge in [-0.25, -0.2) is 13.1 Å². The Morgan fingerprint density at radius 1 is 1.35 bits per heavy atom. The summed E-state index contributed by atoms with van der Waals surface area (Å²) >= 11 is 0. The number of rotatable bonds is 7. The standard InChI is InChI=1S/C13H20N2O4S/c1-2-3-4-10(8-14)15-20(16,17)11-5-6-12-13(7-11)19-9-18-12/h5-7,10,15H,2-4,8-9,14H2,1H3. The van der Waals surface area contributed by atoms with Crippen molar-refractivity contribution in [2.45, 2.75) is 37.1 Å². The second-order valence-corrected chi connectivity index (χ2v) is 6.43. The van der Waals surface area contributed by atoms with Crippen molar-refractivity contribution in [1.29, 1.82) is 0 Å². The van der Waals surface area contributed by atoms with Crippen molar-refractivity contribution in [3.8, 4) is 11.5 Å². The van der Waals surface area contributed by atoms with Crippen molar-refractivity contribution in [3.05, 3.63) is 18.2 Å². The molecule has 1 atom stereocenters. The van der Waals surface area contributed by atoms with Crippen LogP contribution in [0, 0.1) is 0 Å². The third kappa shape index (κ3) is 3.41. The summed E-state index contributed by atoms with van der Waals surface area (Å²) in [5.41, 5.74) is 5.62. The highest BCUT2D eigenvalue weighted by Gasteiger charge is 2.22. The fourth-order valence-electron chi connectivity index (χ4n) is 2.01. The summed E-state index contributed by atoms with van der Waals surface area (Å²) in [4.78, 5) is 0.164. The molecule has 1 aliphatic rings. The zero-order chi connectivity index (χ0) is 14.6. The Balaban J connectivity index is 2.13. The minimum absolute atomic E-state index is 0.119. The van der Waals surface area contributed by atoms with E-state index in [1.165, 1.54) is 12.1 Å². The number of hydrogen-bond acceptors (Lipinski definition) is 5. The van der Waals surface area contributed by atoms with Gasteiger partial charge in [0.05, 0.1) is 4.90 Å². The lowest BCUT2D eigenvalue weighted by Crippen LogP contribution is -2.40. The van der Waals surface area contributed by atoms with Crippen LogP contribution < -0.4 is 19.9 Å². The number of unbranched alkanes of at least 4 members (excludes halogenated alkanes) is 1. The summed E-state index contributed by atoms with van der Waals surface area (Å²) in [7, 11) is -3.59. The molecule has 0 bridgehead atoms. The first-order chi connectivity index (χ1) is 9.56. The topological polar surface area (TPSA) is 90.7 Å². The van der Waals surface area contributed by atoms with E-state index in [2.05, 4.69) is 11.6 Å². The van der Waals surface area contributed by atoms with E-state index in [0.717, 1.165) is 19.3 Å². The van der Waals surface area contributed by atoms with E-state index in [4.69, 9.17) is 15.2 Å². The monoisotopic (exact) mass is 300 g/mol. The molecular formula is C13H20N2O4S. The van der Waals surface area contributed by atoms with Crippen molar-refractivity contribution in [1.82, 2.24) is 4.72 Å². The second-order valence-electron chi connectivity index (χ2n) is 4.71. The Bertz CT molecular complexity index is 559. The summed E-state index contributed by atoms with van der Waals surface area (Å²) in [6.45, 7) is 2.46. The van der Waals surface area contributed by atoms with Crippen LogP contribution in [0.15, 0.2) is 23.1 Å². The van der Waals surface area contributed by atoms with Crippen LogP contribution in [0.4, 0.5) is 0 Å². The summed E-state index contributed by atoms with van der Waals surface area (Å²) in [5, 5.41) is 0. The van der Waals surface area contributed by atoms with Gasteiger partial charge in [-0.15, -0.1) is 0 Å². The highest BCUT2D eigenvalue weighted by molar-refractivity contribution is 7.89. The van der Waals surface area contributed by atoms with E-state index in [9.17, 15) is 8.42 Å². The first kappa shape index (κ1) is 15.1. The van der Waals surface area contributed by atoms with E-state index >= 15 is 0 Å². The number of ether oxygens (including phenoxy) is 2. The van der Waals surface area contributed by atoms with Gasteiger partial charge in [-0.3, -0.25) is 0 Å². The number of benzene rings is 1. The van der Waals surface area contributed by atoms with Crippen molar-refractivity contribution in [2.75, 3.05) is 13.3 Å². The molecule has 20 heavy (non-hydrogen) atoms. The molecule has 0 saturated carbocycles. The van der Waals surface area contributed by atoms with E-state index < -0.39 is 10.0 Å². The van der Waals surface area contributed by atoms with E-state index in [1.807, 2.05) is 0 Å². The number of fused-ring (bicyclic) bond motifs is 1. The molecule has 3 N–H and O–H groups in total. The maximum atomic E-state index is 12.3. The third-order valence-corrected chi connectivity index (χ3v) is 4.68. The molecule has 0 saturated heterocycles. The smallest absolute Gasteiger partial charge is 0.241 e. The third-order valence-electron chi connectivity index (χ3n) is 3.17. The van der Waals surface area contributed by atoms with Crippen LogP contribution in [0.1, 0.15) is 26.2 Å². The molecule has 112 valence electrons. The average Bonchev–Trinajstić information content (AvgIpc) is 2.90. The zero-order valence-electron chi connectivity index (χ0n) is 11.5. The van der Waals surface area contributed by atoms with Crippen molar-refractivity contribution >= 4 is 10.0 Å². The van der Waals surface area contributed by atoms with E-state index in [1.54, 1.807) is 6.07 Å². The van der Waals surface area contributed by atoms with Crippen LogP contribution in [-0.4, -0.2) is 27.8 Å². The fraction of sp³-hybridized carbons (Fsp3) is 0.538. The average molecular weight is 300 g/mol. The lowest BCUT2D eigenvalue weighted by molar-refractivity contribution is 0.174. The Morgan fingerprint density at radius 3 is 2.80 bits per heavy atom. The lowest BCUT2D eigenvalue weighted by atomic mass is 10.1. The molecule has 0 aliphatic carbocycles. The molecule has 0 aromatic heterocycles. The fourth-order valence-corrected chi connectivity index (χ4v) is 3.31. The Morgan fingerprint density at radius 2 is 2.10 bits per heavy atom. The second kappa shape index (κ2) is 6.43. The van der Waals surface area contributed by atoms with Gasteiger partial charge in [-0.2, -0.15) is 0 Å². The highest BCUT2D eigenvalue weighted by atomic mass is 32.2. The van der Waals surface area contributed by atoms with Gasteiger partial charge in [0.2, 0.25) is 16.8 Å². The number of nitrogens with two attached hydrogens (primary N) is 1. The Labute approximate surface area is 119 Å². The molecular weight excluding hydrogens is 280 g/mol. The molecule has 0 fully saturated rings. The first-order valence-electron chi connectivity index (χ1n) is 6.69. The lowest BCUT2D eigenvalue weighted by Gasteiger charge is -2.16. The highest BCUT2D eigenvalue weighted by Crippen LogP contribution is 2.33. The maximum Gasteiger partial charge on any atom is 0.241 e. The van der Waals surface area contributed by atoms with Gasteiger partial charge < -0.3 is 15.2 Å². The van der Waals surface area contributed by atoms with Crippen LogP contribution in [0.2, 0.25) is 0 Å². The molecule has 0 radical (unpaired) electrons. The summed E-state index contributed by atoms with van der Waals surface area (Å²) < 4.78 is 37.6. The van der Waals surface area contributed by atoms with E-state index in [-0.39, 0.29) is 24.3 Å². The molecule has 0 spiro atoms. The summed E-state index contributed by atoms with van der Waals surface area (Å²) in [6, 6.07) is 4.33. The molecule has 1 aromatic carbocycles. The normalized spacial score (nSPS) is 15.3. The van der Waals surface area contributed by atoms with Crippen molar-refractivity contribution < 1.29 is 17.9 Å². The zero-order valence-corrected chi connectivity index (χ0v) is 12.3. The van der Waals surface area contributed by atoms with Gasteiger partial charge in [0.15, 0.2) is 11.5 Å². The largest absolute Gasteiger partial charge is 0.454 e. The van der Waals surface area contributed by atoms with Crippen LogP contribution in [0.5, 0.6) is 11.5 Å². The van der Waals surface area contributed by atoms with Gasteiger partial charge in [-0.1, -0.05) is 19.8 Å². The molecule has 1 heterocycles. The van der Waals surface area contributed by atoms with Crippen LogP contribution in [0.25, 0.3) is 0 Å². The van der Waals surface area contributed by atoms with Gasteiger partial charge in [0, 0.05) is 18.7 Å². The SMILES string of the molecule is CCCCC(CN)NS(=O)(=O)c1ccc2c(c1)OCO2. The first-order valence-corrected chi connectivity index (χ1v) is 8.17. The molecule has 1 aliphatic heterocycles. The Hall–Kier alpha value is -1.31. The quantitative estimate of drug-likeness (QED) is 0.790. The number of nitrogens with one attached hydrogen (secondary N) is 1. The Kier molecular flexibility index (Phi) is 4.85. The summed E-state index contributed by atoms with van der Waals surface area (Å²) in [6.07, 6.45) is 2.67. The van der Waals surface area contributed by atoms with E-state index in [0.29, 0.717) is 11.5 Å². The van der Waals surface area contributed by atoms with Crippen LogP contribution in [0.3, 0.4) is 0 Å². The molecule has 6 nitrogen and oxygen atoms in total. The van der Waals surface area contributed by atoms with Crippen molar-refractivity contribution in [3.63, 3.8) is 0 Å². The van der Waals surface area contributed by atoms with Crippen LogP contribution >= 0.6 is 0 Å². The van der Waals surface area contributed by atoms with Gasteiger partial charge in [0.25, 0.3) is 0 Å². The van der Waals surface area contributed by atoms with Gasteiger partial charge >= 0.3 is 0 Å². The molecule has 1 unspecified atom stereocenters. The van der Waals surface area contributed by atoms with Crippen LogP contribution in [-0.2, 0) is 10.0 Å². The summed E-state index contributed by atoms with van der Waals surface area (Å²) in [5.74, 6) is 1.01. The number of hydrogen-bond donors (Lipinski definition) is 2. The molecule has 7 heteroatoms. The predicted molar refractivity (Wildman–Crippen MR) is 75.3 cm³/mol. The number of sulfonamides is 1. The minimum atomic E-state index is -3.59. The minimum Gasteiger partial charge on any atom is -0.454 e. The molecule has 0 amide bonds. The maximum absolute atomic E-state index is 12.3. The molecule has 1 aromatic rings. The van der Waals surface area contributed by atoms with Gasteiger partial charge in [-0.05, 0) is 18.6 Å². The molecule has 2 rings (SSSR count).